The Morgan fingerprint density at radius 3 is 2.38 bits per heavy atom. The van der Waals surface area contributed by atoms with Gasteiger partial charge in [-0.15, -0.1) is 0 Å². The van der Waals surface area contributed by atoms with Crippen LogP contribution in [0.1, 0.15) is 36.9 Å². The second kappa shape index (κ2) is 9.69. The Morgan fingerprint density at radius 1 is 1.10 bits per heavy atom. The number of piperidine rings is 1. The van der Waals surface area contributed by atoms with Gasteiger partial charge in [0.05, 0.1) is 6.04 Å². The van der Waals surface area contributed by atoms with Crippen LogP contribution in [0, 0.1) is 5.92 Å². The van der Waals surface area contributed by atoms with Gasteiger partial charge in [0.1, 0.15) is 0 Å². The van der Waals surface area contributed by atoms with Crippen molar-refractivity contribution in [2.75, 3.05) is 13.1 Å². The maximum Gasteiger partial charge on any atom is 0.236 e. The zero-order valence-electron chi connectivity index (χ0n) is 16.3. The lowest BCUT2D eigenvalue weighted by molar-refractivity contribution is -0.126. The number of hydrogen-bond acceptors (Lipinski definition) is 3. The van der Waals surface area contributed by atoms with Gasteiger partial charge >= 0.3 is 0 Å². The largest absolute Gasteiger partial charge is 0.349 e. The predicted octanol–water partition coefficient (Wildman–Crippen LogP) is 4.34. The summed E-state index contributed by atoms with van der Waals surface area (Å²) in [5, 5.41) is 4.30. The van der Waals surface area contributed by atoms with E-state index in [4.69, 9.17) is 0 Å². The fourth-order valence-corrected chi connectivity index (χ4v) is 5.27. The summed E-state index contributed by atoms with van der Waals surface area (Å²) in [5.41, 5.74) is 1.86. The van der Waals surface area contributed by atoms with Crippen LogP contribution in [0.15, 0.2) is 64.5 Å². The summed E-state index contributed by atoms with van der Waals surface area (Å²) in [6.07, 6.45) is 2.65. The average molecular weight is 477 g/mol. The molecule has 2 aromatic rings. The van der Waals surface area contributed by atoms with Crippen LogP contribution in [-0.2, 0) is 14.8 Å². The normalized spacial score (nSPS) is 17.3. The summed E-state index contributed by atoms with van der Waals surface area (Å²) in [5.74, 6) is -0.199. The predicted molar refractivity (Wildman–Crippen MR) is 119 cm³/mol. The summed E-state index contributed by atoms with van der Waals surface area (Å²) in [7, 11) is -3.49. The van der Waals surface area contributed by atoms with Crippen LogP contribution in [0.3, 0.4) is 0 Å². The molecular weight excluding hydrogens is 452 g/mol. The lowest BCUT2D eigenvalue weighted by atomic mass is 9.96. The Balaban J connectivity index is 1.55. The highest BCUT2D eigenvalue weighted by Crippen LogP contribution is 2.25. The van der Waals surface area contributed by atoms with Gasteiger partial charge in [0, 0.05) is 28.9 Å². The summed E-state index contributed by atoms with van der Waals surface area (Å²) in [6, 6.07) is 17.0. The minimum Gasteiger partial charge on any atom is -0.349 e. The van der Waals surface area contributed by atoms with Crippen molar-refractivity contribution in [3.63, 3.8) is 0 Å². The van der Waals surface area contributed by atoms with Gasteiger partial charge < -0.3 is 5.32 Å². The van der Waals surface area contributed by atoms with Gasteiger partial charge in [0.15, 0.2) is 0 Å². The third-order valence-electron chi connectivity index (χ3n) is 5.15. The van der Waals surface area contributed by atoms with Crippen molar-refractivity contribution < 1.29 is 13.2 Å². The van der Waals surface area contributed by atoms with E-state index in [1.807, 2.05) is 61.5 Å². The van der Waals surface area contributed by atoms with E-state index in [-0.39, 0.29) is 17.9 Å². The molecule has 0 aromatic heterocycles. The van der Waals surface area contributed by atoms with E-state index in [1.165, 1.54) is 9.71 Å². The summed E-state index contributed by atoms with van der Waals surface area (Å²) in [6.45, 7) is 2.65. The second-order valence-corrected chi connectivity index (χ2v) is 9.86. The van der Waals surface area contributed by atoms with E-state index in [9.17, 15) is 13.2 Å². The van der Waals surface area contributed by atoms with E-state index in [2.05, 4.69) is 21.2 Å². The third-order valence-corrected chi connectivity index (χ3v) is 7.43. The van der Waals surface area contributed by atoms with Gasteiger partial charge in [0.25, 0.3) is 0 Å². The molecule has 1 unspecified atom stereocenters. The highest BCUT2D eigenvalue weighted by molar-refractivity contribution is 9.10. The Hall–Kier alpha value is -1.96. The maximum absolute atomic E-state index is 12.7. The van der Waals surface area contributed by atoms with Crippen LogP contribution in [0.25, 0.3) is 6.08 Å². The van der Waals surface area contributed by atoms with E-state index in [1.54, 1.807) is 6.08 Å². The van der Waals surface area contributed by atoms with E-state index < -0.39 is 10.0 Å². The van der Waals surface area contributed by atoms with E-state index >= 15 is 0 Å². The molecule has 3 rings (SSSR count). The molecule has 154 valence electrons. The number of rotatable bonds is 6. The van der Waals surface area contributed by atoms with Gasteiger partial charge in [-0.3, -0.25) is 4.79 Å². The summed E-state index contributed by atoms with van der Waals surface area (Å²) < 4.78 is 27.5. The van der Waals surface area contributed by atoms with Crippen LogP contribution >= 0.6 is 15.9 Å². The fraction of sp³-hybridized carbons (Fsp3) is 0.318. The summed E-state index contributed by atoms with van der Waals surface area (Å²) in [4.78, 5) is 12.7. The molecule has 0 bridgehead atoms. The van der Waals surface area contributed by atoms with Gasteiger partial charge in [-0.25, -0.2) is 8.42 Å². The van der Waals surface area contributed by atoms with Crippen LogP contribution in [-0.4, -0.2) is 31.7 Å². The number of nitrogens with one attached hydrogen (secondary N) is 1. The number of carbonyl (C=O) groups excluding carboxylic acids is 1. The van der Waals surface area contributed by atoms with Crippen molar-refractivity contribution in [2.24, 2.45) is 5.92 Å². The quantitative estimate of drug-likeness (QED) is 0.673. The Kier molecular flexibility index (Phi) is 7.27. The topological polar surface area (TPSA) is 66.5 Å². The molecule has 1 aliphatic heterocycles. The Bertz CT molecular complexity index is 969. The molecule has 1 heterocycles. The molecule has 1 fully saturated rings. The zero-order chi connectivity index (χ0) is 20.9. The average Bonchev–Trinajstić information content (AvgIpc) is 2.73. The molecule has 1 saturated heterocycles. The molecule has 1 aliphatic rings. The lowest BCUT2D eigenvalue weighted by Crippen LogP contribution is -2.42. The van der Waals surface area contributed by atoms with Crippen molar-refractivity contribution in [3.05, 3.63) is 75.6 Å². The molecule has 1 amide bonds. The number of carbonyl (C=O) groups is 1. The highest BCUT2D eigenvalue weighted by atomic mass is 79.9. The molecule has 2 aromatic carbocycles. The molecule has 0 radical (unpaired) electrons. The fourth-order valence-electron chi connectivity index (χ4n) is 3.42. The van der Waals surface area contributed by atoms with Gasteiger partial charge in [0.2, 0.25) is 15.9 Å². The first-order chi connectivity index (χ1) is 13.9. The molecule has 7 heteroatoms. The number of sulfonamides is 1. The SMILES string of the molecule is CC(NC(=O)C1CCN(S(=O)(=O)C=Cc2ccccc2)CC1)c1ccccc1Br. The van der Waals surface area contributed by atoms with E-state index in [0.717, 1.165) is 15.6 Å². The number of amides is 1. The first kappa shape index (κ1) is 21.7. The van der Waals surface area contributed by atoms with Crippen molar-refractivity contribution in [1.82, 2.24) is 9.62 Å². The molecule has 5 nitrogen and oxygen atoms in total. The number of nitrogens with zero attached hydrogens (tertiary/aromatic N) is 1. The number of halogens is 1. The standard InChI is InChI=1S/C22H25BrN2O3S/c1-17(20-9-5-6-10-21(20)23)24-22(26)19-11-14-25(15-12-19)29(27,28)16-13-18-7-3-2-4-8-18/h2-10,13,16-17,19H,11-12,14-15H2,1H3,(H,24,26). The third kappa shape index (κ3) is 5.78. The smallest absolute Gasteiger partial charge is 0.236 e. The molecular formula is C22H25BrN2O3S. The maximum atomic E-state index is 12.7. The second-order valence-electron chi connectivity index (χ2n) is 7.18. The van der Waals surface area contributed by atoms with Crippen molar-refractivity contribution in [2.45, 2.75) is 25.8 Å². The molecule has 1 atom stereocenters. The van der Waals surface area contributed by atoms with Crippen molar-refractivity contribution in [1.29, 1.82) is 0 Å². The molecule has 29 heavy (non-hydrogen) atoms. The van der Waals surface area contributed by atoms with Crippen molar-refractivity contribution >= 4 is 37.9 Å². The van der Waals surface area contributed by atoms with Crippen LogP contribution in [0.2, 0.25) is 0 Å². The monoisotopic (exact) mass is 476 g/mol. The highest BCUT2D eigenvalue weighted by Gasteiger charge is 2.30. The Morgan fingerprint density at radius 2 is 1.72 bits per heavy atom. The van der Waals surface area contributed by atoms with Crippen LogP contribution < -0.4 is 5.32 Å². The first-order valence-corrected chi connectivity index (χ1v) is 11.9. The molecule has 0 spiro atoms. The summed E-state index contributed by atoms with van der Waals surface area (Å²) >= 11 is 3.51. The van der Waals surface area contributed by atoms with E-state index in [0.29, 0.717) is 25.9 Å². The van der Waals surface area contributed by atoms with Crippen LogP contribution in [0.4, 0.5) is 0 Å². The van der Waals surface area contributed by atoms with Crippen molar-refractivity contribution in [3.8, 4) is 0 Å². The van der Waals surface area contributed by atoms with Gasteiger partial charge in [-0.05, 0) is 43.0 Å². The lowest BCUT2D eigenvalue weighted by Gasteiger charge is -2.30. The zero-order valence-corrected chi connectivity index (χ0v) is 18.7. The number of benzene rings is 2. The molecule has 1 N–H and O–H groups in total. The number of hydrogen-bond donors (Lipinski definition) is 1. The van der Waals surface area contributed by atoms with Gasteiger partial charge in [-0.1, -0.05) is 64.5 Å². The first-order valence-electron chi connectivity index (χ1n) is 9.65. The minimum atomic E-state index is -3.49. The molecule has 0 aliphatic carbocycles. The van der Waals surface area contributed by atoms with Crippen LogP contribution in [0.5, 0.6) is 0 Å². The van der Waals surface area contributed by atoms with Gasteiger partial charge in [-0.2, -0.15) is 4.31 Å². The Labute approximate surface area is 181 Å². The minimum absolute atomic E-state index is 0.0230. The molecule has 0 saturated carbocycles.